The van der Waals surface area contributed by atoms with Crippen molar-refractivity contribution in [2.75, 3.05) is 0 Å². The molecule has 2 aromatic rings. The number of hydrogen-bond acceptors (Lipinski definition) is 2. The van der Waals surface area contributed by atoms with Crippen LogP contribution in [0.1, 0.15) is 22.9 Å². The van der Waals surface area contributed by atoms with Crippen LogP contribution >= 0.6 is 15.9 Å². The van der Waals surface area contributed by atoms with Gasteiger partial charge in [-0.15, -0.1) is 0 Å². The van der Waals surface area contributed by atoms with Gasteiger partial charge in [-0.3, -0.25) is 4.98 Å². The summed E-state index contributed by atoms with van der Waals surface area (Å²) in [4.78, 5) is 4.12. The van der Waals surface area contributed by atoms with Crippen molar-refractivity contribution in [2.45, 2.75) is 19.4 Å². The van der Waals surface area contributed by atoms with Gasteiger partial charge in [0.05, 0.1) is 6.10 Å². The number of nitrogens with zero attached hydrogens (tertiary/aromatic N) is 1. The molecule has 1 N–H and O–H groups in total. The minimum absolute atomic E-state index is 0.234. The maximum absolute atomic E-state index is 13.6. The molecule has 0 bridgehead atoms. The van der Waals surface area contributed by atoms with Gasteiger partial charge >= 0.3 is 0 Å². The second-order valence-corrected chi connectivity index (χ2v) is 5.05. The van der Waals surface area contributed by atoms with Crippen LogP contribution in [0.15, 0.2) is 41.0 Å². The lowest BCUT2D eigenvalue weighted by Crippen LogP contribution is -2.06. The third kappa shape index (κ3) is 2.94. The molecule has 4 heteroatoms. The van der Waals surface area contributed by atoms with Crippen molar-refractivity contribution in [1.82, 2.24) is 4.98 Å². The molecule has 1 atom stereocenters. The zero-order valence-electron chi connectivity index (χ0n) is 9.90. The SMILES string of the molecule is Cc1ncccc1C(O)Cc1cc(Br)ccc1F. The Labute approximate surface area is 114 Å². The second-order valence-electron chi connectivity index (χ2n) is 4.13. The molecule has 0 saturated carbocycles. The summed E-state index contributed by atoms with van der Waals surface area (Å²) >= 11 is 3.30. The monoisotopic (exact) mass is 309 g/mol. The van der Waals surface area contributed by atoms with Gasteiger partial charge in [-0.25, -0.2) is 4.39 Å². The standard InChI is InChI=1S/C14H13BrFNO/c1-9-12(3-2-6-17-9)14(18)8-10-7-11(15)4-5-13(10)16/h2-7,14,18H,8H2,1H3. The first kappa shape index (κ1) is 13.2. The molecule has 2 nitrogen and oxygen atoms in total. The minimum atomic E-state index is -0.748. The van der Waals surface area contributed by atoms with Crippen molar-refractivity contribution >= 4 is 15.9 Å². The zero-order valence-corrected chi connectivity index (χ0v) is 11.5. The molecule has 0 amide bonds. The minimum Gasteiger partial charge on any atom is -0.388 e. The molecule has 1 aromatic carbocycles. The number of halogens is 2. The molecule has 0 aliphatic rings. The second kappa shape index (κ2) is 5.59. The fourth-order valence-corrected chi connectivity index (χ4v) is 2.28. The average Bonchev–Trinajstić information content (AvgIpc) is 2.34. The van der Waals surface area contributed by atoms with Gasteiger partial charge in [0.15, 0.2) is 0 Å². The average molecular weight is 310 g/mol. The van der Waals surface area contributed by atoms with E-state index >= 15 is 0 Å². The van der Waals surface area contributed by atoms with E-state index in [9.17, 15) is 9.50 Å². The number of hydrogen-bond donors (Lipinski definition) is 1. The van der Waals surface area contributed by atoms with Crippen molar-refractivity contribution < 1.29 is 9.50 Å². The molecule has 0 radical (unpaired) electrons. The Morgan fingerprint density at radius 3 is 2.89 bits per heavy atom. The lowest BCUT2D eigenvalue weighted by molar-refractivity contribution is 0.176. The molecule has 18 heavy (non-hydrogen) atoms. The Morgan fingerprint density at radius 1 is 1.39 bits per heavy atom. The van der Waals surface area contributed by atoms with Crippen LogP contribution in [0, 0.1) is 12.7 Å². The Kier molecular flexibility index (Phi) is 4.09. The zero-order chi connectivity index (χ0) is 13.1. The largest absolute Gasteiger partial charge is 0.388 e. The highest BCUT2D eigenvalue weighted by molar-refractivity contribution is 9.10. The van der Waals surface area contributed by atoms with Crippen LogP contribution in [0.5, 0.6) is 0 Å². The number of aliphatic hydroxyl groups excluding tert-OH is 1. The summed E-state index contributed by atoms with van der Waals surface area (Å²) in [6.07, 6.45) is 1.16. The summed E-state index contributed by atoms with van der Waals surface area (Å²) in [5.41, 5.74) is 1.98. The molecule has 1 heterocycles. The Morgan fingerprint density at radius 2 is 2.17 bits per heavy atom. The van der Waals surface area contributed by atoms with Crippen molar-refractivity contribution in [2.24, 2.45) is 0 Å². The van der Waals surface area contributed by atoms with E-state index in [1.807, 2.05) is 13.0 Å². The smallest absolute Gasteiger partial charge is 0.126 e. The van der Waals surface area contributed by atoms with E-state index in [0.29, 0.717) is 5.56 Å². The molecule has 1 unspecified atom stereocenters. The summed E-state index contributed by atoms with van der Waals surface area (Å²) in [6, 6.07) is 8.29. The van der Waals surface area contributed by atoms with Crippen LogP contribution in [0.25, 0.3) is 0 Å². The predicted molar refractivity (Wildman–Crippen MR) is 71.7 cm³/mol. The molecule has 1 aromatic heterocycles. The van der Waals surface area contributed by atoms with E-state index in [1.54, 1.807) is 24.4 Å². The van der Waals surface area contributed by atoms with Crippen molar-refractivity contribution in [3.8, 4) is 0 Å². The molecule has 0 fully saturated rings. The van der Waals surface area contributed by atoms with E-state index in [-0.39, 0.29) is 12.2 Å². The topological polar surface area (TPSA) is 33.1 Å². The summed E-state index contributed by atoms with van der Waals surface area (Å²) in [7, 11) is 0. The maximum Gasteiger partial charge on any atom is 0.126 e. The number of benzene rings is 1. The van der Waals surface area contributed by atoms with Crippen LogP contribution in [0.2, 0.25) is 0 Å². The summed E-state index contributed by atoms with van der Waals surface area (Å²) in [6.45, 7) is 1.83. The van der Waals surface area contributed by atoms with Crippen LogP contribution < -0.4 is 0 Å². The summed E-state index contributed by atoms with van der Waals surface area (Å²) < 4.78 is 14.4. The first-order chi connectivity index (χ1) is 8.58. The van der Waals surface area contributed by atoms with Gasteiger partial charge in [-0.2, -0.15) is 0 Å². The first-order valence-corrected chi connectivity index (χ1v) is 6.40. The maximum atomic E-state index is 13.6. The van der Waals surface area contributed by atoms with E-state index in [1.165, 1.54) is 6.07 Å². The van der Waals surface area contributed by atoms with Crippen LogP contribution in [-0.2, 0) is 6.42 Å². The van der Waals surface area contributed by atoms with E-state index in [2.05, 4.69) is 20.9 Å². The first-order valence-electron chi connectivity index (χ1n) is 5.61. The van der Waals surface area contributed by atoms with Crippen molar-refractivity contribution in [3.63, 3.8) is 0 Å². The summed E-state index contributed by atoms with van der Waals surface area (Å²) in [5.74, 6) is -0.307. The van der Waals surface area contributed by atoms with Crippen LogP contribution in [0.3, 0.4) is 0 Å². The molecule has 94 valence electrons. The number of aromatic nitrogens is 1. The number of pyridine rings is 1. The molecule has 0 aliphatic carbocycles. The molecule has 0 aliphatic heterocycles. The molecule has 0 spiro atoms. The van der Waals surface area contributed by atoms with Gasteiger partial charge < -0.3 is 5.11 Å². The van der Waals surface area contributed by atoms with Gasteiger partial charge in [0.2, 0.25) is 0 Å². The van der Waals surface area contributed by atoms with E-state index < -0.39 is 6.10 Å². The van der Waals surface area contributed by atoms with Crippen molar-refractivity contribution in [3.05, 3.63) is 63.6 Å². The van der Waals surface area contributed by atoms with Crippen LogP contribution in [0.4, 0.5) is 4.39 Å². The van der Waals surface area contributed by atoms with Gasteiger partial charge in [0, 0.05) is 28.3 Å². The highest BCUT2D eigenvalue weighted by Crippen LogP contribution is 2.23. The van der Waals surface area contributed by atoms with E-state index in [0.717, 1.165) is 15.7 Å². The van der Waals surface area contributed by atoms with Crippen molar-refractivity contribution in [1.29, 1.82) is 0 Å². The van der Waals surface area contributed by atoms with Gasteiger partial charge in [-0.05, 0) is 36.8 Å². The van der Waals surface area contributed by atoms with E-state index in [4.69, 9.17) is 0 Å². The third-order valence-corrected chi connectivity index (χ3v) is 3.32. The van der Waals surface area contributed by atoms with Gasteiger partial charge in [-0.1, -0.05) is 22.0 Å². The number of rotatable bonds is 3. The lowest BCUT2D eigenvalue weighted by atomic mass is 10.0. The Balaban J connectivity index is 2.24. The highest BCUT2D eigenvalue weighted by atomic mass is 79.9. The highest BCUT2D eigenvalue weighted by Gasteiger charge is 2.14. The molecule has 2 rings (SSSR count). The fraction of sp³-hybridized carbons (Fsp3) is 0.214. The molecular weight excluding hydrogens is 297 g/mol. The van der Waals surface area contributed by atoms with Gasteiger partial charge in [0.1, 0.15) is 5.82 Å². The summed E-state index contributed by atoms with van der Waals surface area (Å²) in [5, 5.41) is 10.1. The molecule has 0 saturated heterocycles. The normalized spacial score (nSPS) is 12.4. The van der Waals surface area contributed by atoms with Crippen LogP contribution in [-0.4, -0.2) is 10.1 Å². The predicted octanol–water partition coefficient (Wildman–Crippen LogP) is 3.57. The Hall–Kier alpha value is -1.26. The quantitative estimate of drug-likeness (QED) is 0.940. The fourth-order valence-electron chi connectivity index (χ4n) is 1.87. The van der Waals surface area contributed by atoms with Gasteiger partial charge in [0.25, 0.3) is 0 Å². The molecular formula is C14H13BrFNO. The number of aliphatic hydroxyl groups is 1. The third-order valence-electron chi connectivity index (χ3n) is 2.83. The lowest BCUT2D eigenvalue weighted by Gasteiger charge is -2.13. The Bertz CT molecular complexity index is 559. The number of aryl methyl sites for hydroxylation is 1.